The number of benzene rings is 2. The second kappa shape index (κ2) is 8.59. The lowest BCUT2D eigenvalue weighted by atomic mass is 10.2. The highest BCUT2D eigenvalue weighted by molar-refractivity contribution is 7.92. The van der Waals surface area contributed by atoms with Crippen molar-refractivity contribution < 1.29 is 13.2 Å². The van der Waals surface area contributed by atoms with Crippen molar-refractivity contribution in [2.75, 3.05) is 48.2 Å². The smallest absolute Gasteiger partial charge is 0.243 e. The number of amides is 1. The van der Waals surface area contributed by atoms with Crippen molar-refractivity contribution in [1.29, 1.82) is 0 Å². The largest absolute Gasteiger partial charge is 0.368 e. The van der Waals surface area contributed by atoms with E-state index in [2.05, 4.69) is 4.90 Å². The molecule has 2 aromatic carbocycles. The van der Waals surface area contributed by atoms with Gasteiger partial charge >= 0.3 is 0 Å². The van der Waals surface area contributed by atoms with Gasteiger partial charge in [-0.2, -0.15) is 0 Å². The summed E-state index contributed by atoms with van der Waals surface area (Å²) >= 11 is 11.9. The maximum Gasteiger partial charge on any atom is 0.243 e. The maximum atomic E-state index is 12.7. The van der Waals surface area contributed by atoms with Crippen molar-refractivity contribution in [3.63, 3.8) is 0 Å². The van der Waals surface area contributed by atoms with E-state index in [4.69, 9.17) is 23.2 Å². The van der Waals surface area contributed by atoms with Gasteiger partial charge in [0.05, 0.1) is 11.9 Å². The van der Waals surface area contributed by atoms with Crippen LogP contribution in [-0.2, 0) is 14.8 Å². The molecule has 0 atom stereocenters. The molecule has 150 valence electrons. The molecule has 1 heterocycles. The van der Waals surface area contributed by atoms with Gasteiger partial charge in [-0.05, 0) is 42.5 Å². The highest BCUT2D eigenvalue weighted by Crippen LogP contribution is 2.22. The molecule has 1 saturated heterocycles. The van der Waals surface area contributed by atoms with E-state index in [1.165, 1.54) is 0 Å². The van der Waals surface area contributed by atoms with E-state index in [0.717, 1.165) is 16.2 Å². The molecule has 0 unspecified atom stereocenters. The van der Waals surface area contributed by atoms with Crippen LogP contribution in [0.5, 0.6) is 0 Å². The molecule has 1 aliphatic rings. The molecule has 2 aromatic rings. The lowest BCUT2D eigenvalue weighted by molar-refractivity contribution is -0.129. The first-order valence-electron chi connectivity index (χ1n) is 8.75. The van der Waals surface area contributed by atoms with E-state index < -0.39 is 10.0 Å². The van der Waals surface area contributed by atoms with Crippen LogP contribution in [0.3, 0.4) is 0 Å². The topological polar surface area (TPSA) is 60.9 Å². The maximum absolute atomic E-state index is 12.7. The van der Waals surface area contributed by atoms with Crippen molar-refractivity contribution in [2.24, 2.45) is 0 Å². The Bertz CT molecular complexity index is 943. The molecule has 6 nitrogen and oxygen atoms in total. The number of halogens is 2. The number of nitrogens with zero attached hydrogens (tertiary/aromatic N) is 3. The summed E-state index contributed by atoms with van der Waals surface area (Å²) in [4.78, 5) is 16.6. The predicted molar refractivity (Wildman–Crippen MR) is 114 cm³/mol. The Balaban J connectivity index is 1.66. The second-order valence-corrected chi connectivity index (χ2v) is 9.37. The quantitative estimate of drug-likeness (QED) is 0.714. The summed E-state index contributed by atoms with van der Waals surface area (Å²) in [5.74, 6) is -0.230. The number of hydrogen-bond acceptors (Lipinski definition) is 4. The number of rotatable bonds is 5. The summed E-state index contributed by atoms with van der Waals surface area (Å²) in [5.41, 5.74) is 1.43. The third-order valence-electron chi connectivity index (χ3n) is 4.60. The van der Waals surface area contributed by atoms with Gasteiger partial charge in [0.1, 0.15) is 6.54 Å². The van der Waals surface area contributed by atoms with Gasteiger partial charge in [0.25, 0.3) is 0 Å². The molecule has 0 radical (unpaired) electrons. The summed E-state index contributed by atoms with van der Waals surface area (Å²) in [7, 11) is -3.61. The van der Waals surface area contributed by atoms with Crippen LogP contribution in [0, 0.1) is 0 Å². The van der Waals surface area contributed by atoms with Crippen LogP contribution in [0.2, 0.25) is 10.0 Å². The normalized spacial score (nSPS) is 14.8. The highest BCUT2D eigenvalue weighted by Gasteiger charge is 2.26. The molecule has 0 spiro atoms. The van der Waals surface area contributed by atoms with E-state index in [-0.39, 0.29) is 12.5 Å². The minimum absolute atomic E-state index is 0.230. The SMILES string of the molecule is CS(=O)(=O)N(CC(=O)N1CCN(c2cccc(Cl)c2)CC1)c1ccc(Cl)cc1. The number of carbonyl (C=O) groups is 1. The van der Waals surface area contributed by atoms with Crippen LogP contribution in [0.4, 0.5) is 11.4 Å². The standard InChI is InChI=1S/C19H21Cl2N3O3S/c1-28(26,27)24(17-7-5-15(20)6-8-17)14-19(25)23-11-9-22(10-12-23)18-4-2-3-16(21)13-18/h2-8,13H,9-12,14H2,1H3. The highest BCUT2D eigenvalue weighted by atomic mass is 35.5. The molecule has 28 heavy (non-hydrogen) atoms. The average Bonchev–Trinajstić information content (AvgIpc) is 2.66. The van der Waals surface area contributed by atoms with Gasteiger partial charge < -0.3 is 9.80 Å². The van der Waals surface area contributed by atoms with Gasteiger partial charge in [0.2, 0.25) is 15.9 Å². The van der Waals surface area contributed by atoms with Gasteiger partial charge in [-0.3, -0.25) is 9.10 Å². The Hall–Kier alpha value is -1.96. The molecule has 9 heteroatoms. The summed E-state index contributed by atoms with van der Waals surface area (Å²) < 4.78 is 25.5. The van der Waals surface area contributed by atoms with Crippen LogP contribution >= 0.6 is 23.2 Å². The Kier molecular flexibility index (Phi) is 6.37. The van der Waals surface area contributed by atoms with Crippen molar-refractivity contribution in [2.45, 2.75) is 0 Å². The predicted octanol–water partition coefficient (Wildman–Crippen LogP) is 3.11. The van der Waals surface area contributed by atoms with Crippen LogP contribution in [-0.4, -0.2) is 58.2 Å². The van der Waals surface area contributed by atoms with E-state index in [9.17, 15) is 13.2 Å². The monoisotopic (exact) mass is 441 g/mol. The first-order chi connectivity index (χ1) is 13.2. The third kappa shape index (κ3) is 5.10. The van der Waals surface area contributed by atoms with Crippen molar-refractivity contribution in [3.05, 3.63) is 58.6 Å². The van der Waals surface area contributed by atoms with Crippen molar-refractivity contribution in [3.8, 4) is 0 Å². The molecule has 1 amide bonds. The summed E-state index contributed by atoms with van der Waals surface area (Å²) in [6, 6.07) is 14.0. The molecular weight excluding hydrogens is 421 g/mol. The molecule has 1 aliphatic heterocycles. The average molecular weight is 442 g/mol. The number of hydrogen-bond donors (Lipinski definition) is 0. The van der Waals surface area contributed by atoms with E-state index in [0.29, 0.717) is 41.9 Å². The summed E-state index contributed by atoms with van der Waals surface area (Å²) in [5, 5.41) is 1.17. The molecule has 3 rings (SSSR count). The van der Waals surface area contributed by atoms with Gasteiger partial charge in [-0.25, -0.2) is 8.42 Å². The Labute approximate surface area is 175 Å². The molecular formula is C19H21Cl2N3O3S. The van der Waals surface area contributed by atoms with Crippen LogP contribution in [0.1, 0.15) is 0 Å². The van der Waals surface area contributed by atoms with Crippen LogP contribution < -0.4 is 9.21 Å². The van der Waals surface area contributed by atoms with Gasteiger partial charge in [0, 0.05) is 41.9 Å². The molecule has 0 saturated carbocycles. The number of anilines is 2. The Morgan fingerprint density at radius 3 is 2.21 bits per heavy atom. The van der Waals surface area contributed by atoms with E-state index in [1.807, 2.05) is 24.3 Å². The van der Waals surface area contributed by atoms with Crippen LogP contribution in [0.15, 0.2) is 48.5 Å². The molecule has 0 aromatic heterocycles. The van der Waals surface area contributed by atoms with Crippen LogP contribution in [0.25, 0.3) is 0 Å². The van der Waals surface area contributed by atoms with Crippen molar-refractivity contribution >= 4 is 50.5 Å². The van der Waals surface area contributed by atoms with Gasteiger partial charge in [0.15, 0.2) is 0 Å². The minimum Gasteiger partial charge on any atom is -0.368 e. The van der Waals surface area contributed by atoms with Gasteiger partial charge in [-0.15, -0.1) is 0 Å². The number of sulfonamides is 1. The molecule has 0 N–H and O–H groups in total. The first-order valence-corrected chi connectivity index (χ1v) is 11.4. The summed E-state index contributed by atoms with van der Waals surface area (Å²) in [6.45, 7) is 2.11. The zero-order valence-electron chi connectivity index (χ0n) is 15.4. The van der Waals surface area contributed by atoms with E-state index in [1.54, 1.807) is 29.2 Å². The fourth-order valence-electron chi connectivity index (χ4n) is 3.12. The Morgan fingerprint density at radius 1 is 1.00 bits per heavy atom. The first kappa shape index (κ1) is 20.8. The number of carbonyl (C=O) groups excluding carboxylic acids is 1. The third-order valence-corrected chi connectivity index (χ3v) is 6.23. The zero-order valence-corrected chi connectivity index (χ0v) is 17.7. The fraction of sp³-hybridized carbons (Fsp3) is 0.316. The second-order valence-electron chi connectivity index (χ2n) is 6.59. The lowest BCUT2D eigenvalue weighted by Gasteiger charge is -2.37. The zero-order chi connectivity index (χ0) is 20.3. The molecule has 0 bridgehead atoms. The molecule has 0 aliphatic carbocycles. The molecule has 1 fully saturated rings. The fourth-order valence-corrected chi connectivity index (χ4v) is 4.28. The van der Waals surface area contributed by atoms with Gasteiger partial charge in [-0.1, -0.05) is 29.3 Å². The minimum atomic E-state index is -3.61. The van der Waals surface area contributed by atoms with E-state index >= 15 is 0 Å². The van der Waals surface area contributed by atoms with Crippen molar-refractivity contribution in [1.82, 2.24) is 4.90 Å². The Morgan fingerprint density at radius 2 is 1.64 bits per heavy atom. The lowest BCUT2D eigenvalue weighted by Crippen LogP contribution is -2.52. The summed E-state index contributed by atoms with van der Waals surface area (Å²) in [6.07, 6.45) is 1.09. The number of piperazine rings is 1.